The summed E-state index contributed by atoms with van der Waals surface area (Å²) in [6.45, 7) is 3.82. The van der Waals surface area contributed by atoms with Gasteiger partial charge in [0.2, 0.25) is 0 Å². The van der Waals surface area contributed by atoms with Gasteiger partial charge in [-0.1, -0.05) is 0 Å². The lowest BCUT2D eigenvalue weighted by Gasteiger charge is -1.96. The quantitative estimate of drug-likeness (QED) is 0.636. The van der Waals surface area contributed by atoms with Crippen LogP contribution in [-0.4, -0.2) is 5.11 Å². The van der Waals surface area contributed by atoms with E-state index in [2.05, 4.69) is 0 Å². The van der Waals surface area contributed by atoms with Crippen LogP contribution in [0.25, 0.3) is 0 Å². The maximum atomic E-state index is 9.04. The molecule has 1 atom stereocenters. The fourth-order valence-electron chi connectivity index (χ4n) is 0.683. The van der Waals surface area contributed by atoms with Crippen molar-refractivity contribution in [1.29, 1.82) is 0 Å². The maximum Gasteiger partial charge on any atom is 0.0770 e. The molecule has 0 saturated carbocycles. The van der Waals surface area contributed by atoms with Crippen LogP contribution in [0.3, 0.4) is 0 Å². The third-order valence-corrected chi connectivity index (χ3v) is 2.11. The standard InChI is InChI=1S/C7H10OS/c1-5-3-7(4-9-5)6(2)8/h3-4,6,8H,1-2H3. The molecule has 1 aromatic heterocycles. The summed E-state index contributed by atoms with van der Waals surface area (Å²) in [4.78, 5) is 1.26. The predicted molar refractivity (Wildman–Crippen MR) is 39.7 cm³/mol. The van der Waals surface area contributed by atoms with E-state index in [9.17, 15) is 0 Å². The Hall–Kier alpha value is -0.340. The zero-order valence-electron chi connectivity index (χ0n) is 5.59. The number of hydrogen-bond acceptors (Lipinski definition) is 2. The van der Waals surface area contributed by atoms with Gasteiger partial charge in [-0.05, 0) is 30.9 Å². The second kappa shape index (κ2) is 2.50. The molecule has 0 radical (unpaired) electrons. The number of hydrogen-bond donors (Lipinski definition) is 1. The van der Waals surface area contributed by atoms with Gasteiger partial charge in [0.1, 0.15) is 0 Å². The summed E-state index contributed by atoms with van der Waals surface area (Å²) in [5.41, 5.74) is 1.03. The number of thiophene rings is 1. The lowest BCUT2D eigenvalue weighted by atomic mass is 10.2. The zero-order valence-corrected chi connectivity index (χ0v) is 6.40. The molecule has 1 aromatic rings. The van der Waals surface area contributed by atoms with Crippen molar-refractivity contribution in [3.63, 3.8) is 0 Å². The van der Waals surface area contributed by atoms with Crippen LogP contribution in [-0.2, 0) is 0 Å². The van der Waals surface area contributed by atoms with Crippen molar-refractivity contribution in [2.24, 2.45) is 0 Å². The summed E-state index contributed by atoms with van der Waals surface area (Å²) < 4.78 is 0. The van der Waals surface area contributed by atoms with Gasteiger partial charge in [0.15, 0.2) is 0 Å². The van der Waals surface area contributed by atoms with Gasteiger partial charge in [-0.25, -0.2) is 0 Å². The SMILES string of the molecule is Cc1cc(C(C)O)cs1. The summed E-state index contributed by atoms with van der Waals surface area (Å²) in [6, 6.07) is 2.01. The Morgan fingerprint density at radius 1 is 1.67 bits per heavy atom. The van der Waals surface area contributed by atoms with Gasteiger partial charge in [0.25, 0.3) is 0 Å². The van der Waals surface area contributed by atoms with E-state index in [-0.39, 0.29) is 6.10 Å². The van der Waals surface area contributed by atoms with E-state index in [1.54, 1.807) is 18.3 Å². The average Bonchev–Trinajstić information content (AvgIpc) is 2.14. The second-order valence-electron chi connectivity index (χ2n) is 2.17. The Bertz CT molecular complexity index is 191. The van der Waals surface area contributed by atoms with Crippen molar-refractivity contribution in [2.75, 3.05) is 0 Å². The molecule has 1 nitrogen and oxygen atoms in total. The topological polar surface area (TPSA) is 20.2 Å². The Balaban J connectivity index is 2.85. The van der Waals surface area contributed by atoms with E-state index >= 15 is 0 Å². The molecule has 0 spiro atoms. The highest BCUT2D eigenvalue weighted by Gasteiger charge is 2.00. The highest BCUT2D eigenvalue weighted by Crippen LogP contribution is 2.18. The molecule has 0 aliphatic heterocycles. The molecular weight excluding hydrogens is 132 g/mol. The monoisotopic (exact) mass is 142 g/mol. The molecule has 0 amide bonds. The lowest BCUT2D eigenvalue weighted by Crippen LogP contribution is -1.85. The van der Waals surface area contributed by atoms with Gasteiger partial charge in [-0.15, -0.1) is 11.3 Å². The normalized spacial score (nSPS) is 13.7. The lowest BCUT2D eigenvalue weighted by molar-refractivity contribution is 0.200. The molecule has 0 bridgehead atoms. The molecule has 0 aliphatic carbocycles. The summed E-state index contributed by atoms with van der Waals surface area (Å²) >= 11 is 1.67. The van der Waals surface area contributed by atoms with E-state index < -0.39 is 0 Å². The Morgan fingerprint density at radius 2 is 2.33 bits per heavy atom. The van der Waals surface area contributed by atoms with Crippen LogP contribution in [0.2, 0.25) is 0 Å². The number of rotatable bonds is 1. The van der Waals surface area contributed by atoms with Crippen molar-refractivity contribution in [1.82, 2.24) is 0 Å². The van der Waals surface area contributed by atoms with Crippen molar-refractivity contribution in [3.8, 4) is 0 Å². The van der Waals surface area contributed by atoms with Crippen molar-refractivity contribution in [3.05, 3.63) is 21.9 Å². The van der Waals surface area contributed by atoms with Crippen molar-refractivity contribution >= 4 is 11.3 Å². The summed E-state index contributed by atoms with van der Waals surface area (Å²) in [6.07, 6.45) is -0.310. The van der Waals surface area contributed by atoms with E-state index in [0.29, 0.717) is 0 Å². The van der Waals surface area contributed by atoms with Crippen LogP contribution < -0.4 is 0 Å². The first kappa shape index (κ1) is 6.78. The third-order valence-electron chi connectivity index (χ3n) is 1.23. The maximum absolute atomic E-state index is 9.04. The minimum Gasteiger partial charge on any atom is -0.389 e. The minimum absolute atomic E-state index is 0.310. The summed E-state index contributed by atoms with van der Waals surface area (Å²) in [5, 5.41) is 11.0. The van der Waals surface area contributed by atoms with Crippen LogP contribution in [0.1, 0.15) is 23.5 Å². The first-order chi connectivity index (χ1) is 4.20. The molecule has 0 aromatic carbocycles. The first-order valence-electron chi connectivity index (χ1n) is 2.93. The van der Waals surface area contributed by atoms with Crippen LogP contribution >= 0.6 is 11.3 Å². The van der Waals surface area contributed by atoms with E-state index in [1.165, 1.54) is 4.88 Å². The molecule has 9 heavy (non-hydrogen) atoms. The fraction of sp³-hybridized carbons (Fsp3) is 0.429. The summed E-state index contributed by atoms with van der Waals surface area (Å²) in [5.74, 6) is 0. The highest BCUT2D eigenvalue weighted by molar-refractivity contribution is 7.10. The fourth-order valence-corrected chi connectivity index (χ4v) is 1.47. The molecule has 50 valence electrons. The average molecular weight is 142 g/mol. The van der Waals surface area contributed by atoms with Gasteiger partial charge >= 0.3 is 0 Å². The van der Waals surface area contributed by atoms with Gasteiger partial charge in [0, 0.05) is 4.88 Å². The second-order valence-corrected chi connectivity index (χ2v) is 3.28. The number of aliphatic hydroxyl groups excluding tert-OH is 1. The van der Waals surface area contributed by atoms with Gasteiger partial charge in [0.05, 0.1) is 6.10 Å². The van der Waals surface area contributed by atoms with Crippen molar-refractivity contribution < 1.29 is 5.11 Å². The zero-order chi connectivity index (χ0) is 6.85. The molecule has 1 heterocycles. The molecule has 1 rings (SSSR count). The van der Waals surface area contributed by atoms with Gasteiger partial charge in [-0.3, -0.25) is 0 Å². The van der Waals surface area contributed by atoms with Crippen LogP contribution in [0.15, 0.2) is 11.4 Å². The predicted octanol–water partition coefficient (Wildman–Crippen LogP) is 2.11. The third kappa shape index (κ3) is 1.53. The molecule has 0 aliphatic rings. The molecule has 1 unspecified atom stereocenters. The highest BCUT2D eigenvalue weighted by atomic mass is 32.1. The Labute approximate surface area is 59.0 Å². The van der Waals surface area contributed by atoms with Crippen LogP contribution in [0, 0.1) is 6.92 Å². The molecule has 0 fully saturated rings. The Kier molecular flexibility index (Phi) is 1.88. The molecule has 2 heteroatoms. The van der Waals surface area contributed by atoms with E-state index in [4.69, 9.17) is 5.11 Å². The number of aryl methyl sites for hydroxylation is 1. The molecular formula is C7H10OS. The smallest absolute Gasteiger partial charge is 0.0770 e. The van der Waals surface area contributed by atoms with Crippen LogP contribution in [0.5, 0.6) is 0 Å². The first-order valence-corrected chi connectivity index (χ1v) is 3.81. The van der Waals surface area contributed by atoms with Crippen LogP contribution in [0.4, 0.5) is 0 Å². The molecule has 1 N–H and O–H groups in total. The largest absolute Gasteiger partial charge is 0.389 e. The van der Waals surface area contributed by atoms with E-state index in [1.807, 2.05) is 18.4 Å². The minimum atomic E-state index is -0.310. The van der Waals surface area contributed by atoms with E-state index in [0.717, 1.165) is 5.56 Å². The molecule has 0 saturated heterocycles. The summed E-state index contributed by atoms with van der Waals surface area (Å²) in [7, 11) is 0. The van der Waals surface area contributed by atoms with Gasteiger partial charge in [-0.2, -0.15) is 0 Å². The van der Waals surface area contributed by atoms with Crippen molar-refractivity contribution in [2.45, 2.75) is 20.0 Å². The number of aliphatic hydroxyl groups is 1. The Morgan fingerprint density at radius 3 is 2.56 bits per heavy atom. The van der Waals surface area contributed by atoms with Gasteiger partial charge < -0.3 is 5.11 Å².